The molecule has 0 atom stereocenters. The van der Waals surface area contributed by atoms with E-state index in [4.69, 9.17) is 27.3 Å². The molecule has 0 saturated heterocycles. The van der Waals surface area contributed by atoms with Crippen molar-refractivity contribution in [1.29, 1.82) is 0 Å². The van der Waals surface area contributed by atoms with Gasteiger partial charge in [0.2, 0.25) is 5.91 Å². The molecule has 1 aromatic carbocycles. The fourth-order valence-corrected chi connectivity index (χ4v) is 2.78. The number of carbonyl (C=O) groups excluding carboxylic acids is 1. The van der Waals surface area contributed by atoms with Crippen molar-refractivity contribution in [1.82, 2.24) is 19.7 Å². The Kier molecular flexibility index (Phi) is 4.54. The lowest BCUT2D eigenvalue weighted by atomic mass is 9.68. The molecule has 2 heterocycles. The Balaban J connectivity index is 1.72. The Morgan fingerprint density at radius 3 is 2.42 bits per heavy atom. The largest absolute Gasteiger partial charge is 0.338 e. The average Bonchev–Trinajstić information content (AvgIpc) is 3.00. The third-order valence-corrected chi connectivity index (χ3v) is 4.10. The summed E-state index contributed by atoms with van der Waals surface area (Å²) in [5.41, 5.74) is 3.25. The van der Waals surface area contributed by atoms with Crippen molar-refractivity contribution in [3.63, 3.8) is 0 Å². The second-order valence-electron chi connectivity index (χ2n) is 5.82. The van der Waals surface area contributed by atoms with Crippen LogP contribution in [0.5, 0.6) is 0 Å². The van der Waals surface area contributed by atoms with Crippen LogP contribution in [0.25, 0.3) is 17.0 Å². The molecule has 2 aromatic rings. The van der Waals surface area contributed by atoms with E-state index >= 15 is 0 Å². The number of hydrogen-bond donors (Lipinski definition) is 0. The van der Waals surface area contributed by atoms with E-state index in [-0.39, 0.29) is 0 Å². The van der Waals surface area contributed by atoms with Crippen LogP contribution in [0.4, 0.5) is 0 Å². The fourth-order valence-electron chi connectivity index (χ4n) is 2.66. The molecular formula is C16H15B2ClN4O. The van der Waals surface area contributed by atoms with Crippen LogP contribution in [0, 0.1) is 0 Å². The van der Waals surface area contributed by atoms with Crippen molar-refractivity contribution in [3.05, 3.63) is 42.2 Å². The SMILES string of the molecule is [B]C([B])(Cl)C(=O)N1CC=C(c2ccc(-c3ncn(C)n3)cc2)CC1. The summed E-state index contributed by atoms with van der Waals surface area (Å²) in [6, 6.07) is 8.05. The number of nitrogens with zero attached hydrogens (tertiary/aromatic N) is 4. The van der Waals surface area contributed by atoms with Gasteiger partial charge in [-0.1, -0.05) is 30.3 Å². The molecule has 0 spiro atoms. The maximum atomic E-state index is 12.0. The molecule has 24 heavy (non-hydrogen) atoms. The second kappa shape index (κ2) is 6.48. The minimum Gasteiger partial charge on any atom is -0.338 e. The third-order valence-electron chi connectivity index (χ3n) is 3.94. The zero-order chi connectivity index (χ0) is 17.3. The lowest BCUT2D eigenvalue weighted by molar-refractivity contribution is -0.129. The van der Waals surface area contributed by atoms with E-state index in [2.05, 4.69) is 10.1 Å². The van der Waals surface area contributed by atoms with E-state index in [0.717, 1.165) is 17.5 Å². The van der Waals surface area contributed by atoms with Crippen LogP contribution in [-0.4, -0.2) is 59.0 Å². The molecule has 0 aliphatic carbocycles. The van der Waals surface area contributed by atoms with Crippen molar-refractivity contribution >= 4 is 38.8 Å². The van der Waals surface area contributed by atoms with Crippen molar-refractivity contribution in [3.8, 4) is 11.4 Å². The monoisotopic (exact) mass is 336 g/mol. The van der Waals surface area contributed by atoms with E-state index < -0.39 is 10.6 Å². The van der Waals surface area contributed by atoms with Crippen molar-refractivity contribution in [2.24, 2.45) is 7.05 Å². The molecule has 0 unspecified atom stereocenters. The fraction of sp³-hybridized carbons (Fsp3) is 0.312. The second-order valence-corrected chi connectivity index (χ2v) is 6.44. The van der Waals surface area contributed by atoms with E-state index in [0.29, 0.717) is 18.9 Å². The van der Waals surface area contributed by atoms with E-state index in [1.807, 2.05) is 37.4 Å². The summed E-state index contributed by atoms with van der Waals surface area (Å²) < 4.78 is -0.174. The molecule has 0 saturated carbocycles. The lowest BCUT2D eigenvalue weighted by Gasteiger charge is -2.31. The van der Waals surface area contributed by atoms with Gasteiger partial charge in [-0.05, 0) is 17.6 Å². The lowest BCUT2D eigenvalue weighted by Crippen LogP contribution is -2.47. The van der Waals surface area contributed by atoms with Crippen molar-refractivity contribution < 1.29 is 4.79 Å². The topological polar surface area (TPSA) is 51.0 Å². The van der Waals surface area contributed by atoms with Crippen molar-refractivity contribution in [2.75, 3.05) is 13.1 Å². The normalized spacial score (nSPS) is 15.2. The molecule has 0 N–H and O–H groups in total. The Morgan fingerprint density at radius 2 is 1.92 bits per heavy atom. The maximum Gasteiger partial charge on any atom is 0.225 e. The van der Waals surface area contributed by atoms with Gasteiger partial charge in [-0.2, -0.15) is 5.10 Å². The number of carbonyl (C=O) groups is 1. The Morgan fingerprint density at radius 1 is 1.25 bits per heavy atom. The van der Waals surface area contributed by atoms with E-state index in [1.54, 1.807) is 15.9 Å². The number of halogens is 1. The van der Waals surface area contributed by atoms with Crippen LogP contribution in [0.3, 0.4) is 0 Å². The summed E-state index contributed by atoms with van der Waals surface area (Å²) in [7, 11) is 12.7. The number of aryl methyl sites for hydroxylation is 1. The molecular weight excluding hydrogens is 321 g/mol. The highest BCUT2D eigenvalue weighted by molar-refractivity contribution is 6.71. The smallest absolute Gasteiger partial charge is 0.225 e. The number of rotatable bonds is 3. The molecule has 118 valence electrons. The average molecular weight is 336 g/mol. The van der Waals surface area contributed by atoms with Crippen LogP contribution in [-0.2, 0) is 11.8 Å². The highest BCUT2D eigenvalue weighted by atomic mass is 35.5. The van der Waals surface area contributed by atoms with Gasteiger partial charge in [-0.25, -0.2) is 4.98 Å². The number of amides is 1. The molecule has 1 aromatic heterocycles. The minimum absolute atomic E-state index is 0.445. The quantitative estimate of drug-likeness (QED) is 0.628. The number of alkyl halides is 1. The summed E-state index contributed by atoms with van der Waals surface area (Å²) >= 11 is 5.68. The van der Waals surface area contributed by atoms with Crippen LogP contribution in [0.1, 0.15) is 12.0 Å². The summed E-state index contributed by atoms with van der Waals surface area (Å²) in [4.78, 5) is 17.8. The van der Waals surface area contributed by atoms with Gasteiger partial charge in [0, 0.05) is 30.4 Å². The first kappa shape index (κ1) is 16.8. The first-order valence-electron chi connectivity index (χ1n) is 7.56. The first-order chi connectivity index (χ1) is 11.3. The minimum atomic E-state index is -1.84. The van der Waals surface area contributed by atoms with Gasteiger partial charge in [0.25, 0.3) is 0 Å². The van der Waals surface area contributed by atoms with Crippen LogP contribution < -0.4 is 0 Å². The summed E-state index contributed by atoms with van der Waals surface area (Å²) in [6.45, 7) is 0.984. The molecule has 3 rings (SSSR count). The Hall–Kier alpha value is -2.01. The zero-order valence-corrected chi connectivity index (χ0v) is 14.1. The highest BCUT2D eigenvalue weighted by Crippen LogP contribution is 2.25. The van der Waals surface area contributed by atoms with Crippen LogP contribution in [0.15, 0.2) is 36.7 Å². The molecule has 4 radical (unpaired) electrons. The van der Waals surface area contributed by atoms with Gasteiger partial charge in [0.1, 0.15) is 6.33 Å². The molecule has 1 amide bonds. The molecule has 0 bridgehead atoms. The van der Waals surface area contributed by atoms with E-state index in [9.17, 15) is 4.79 Å². The third kappa shape index (κ3) is 3.56. The zero-order valence-electron chi connectivity index (χ0n) is 13.3. The number of benzene rings is 1. The standard InChI is InChI=1S/C16H15B2ClN4O/c1-22-10-20-14(21-22)13-4-2-11(3-5-13)12-6-8-23(9-7-12)15(24)16(17,18)19/h2-6,10H,7-9H2,1H3. The van der Waals surface area contributed by atoms with Gasteiger partial charge < -0.3 is 4.90 Å². The molecule has 1 aliphatic heterocycles. The maximum absolute atomic E-state index is 12.0. The van der Waals surface area contributed by atoms with Gasteiger partial charge in [0.05, 0.1) is 15.7 Å². The van der Waals surface area contributed by atoms with Gasteiger partial charge >= 0.3 is 0 Å². The molecule has 8 heteroatoms. The highest BCUT2D eigenvalue weighted by Gasteiger charge is 2.29. The predicted molar refractivity (Wildman–Crippen MR) is 95.7 cm³/mol. The number of hydrogen-bond acceptors (Lipinski definition) is 3. The molecule has 0 fully saturated rings. The summed E-state index contributed by atoms with van der Waals surface area (Å²) in [5, 5.41) is 4.29. The van der Waals surface area contributed by atoms with Gasteiger partial charge in [0.15, 0.2) is 5.82 Å². The van der Waals surface area contributed by atoms with Gasteiger partial charge in [-0.3, -0.25) is 9.48 Å². The summed E-state index contributed by atoms with van der Waals surface area (Å²) in [6.07, 6.45) is 4.39. The van der Waals surface area contributed by atoms with Gasteiger partial charge in [-0.15, -0.1) is 11.6 Å². The Labute approximate surface area is 148 Å². The summed E-state index contributed by atoms with van der Waals surface area (Å²) in [5.74, 6) is 0.235. The first-order valence-corrected chi connectivity index (χ1v) is 7.94. The van der Waals surface area contributed by atoms with Crippen LogP contribution >= 0.6 is 11.6 Å². The van der Waals surface area contributed by atoms with Crippen molar-refractivity contribution in [2.45, 2.75) is 11.1 Å². The van der Waals surface area contributed by atoms with Crippen LogP contribution in [0.2, 0.25) is 0 Å². The molecule has 5 nitrogen and oxygen atoms in total. The number of aromatic nitrogens is 3. The van der Waals surface area contributed by atoms with E-state index in [1.165, 1.54) is 5.57 Å². The molecule has 1 aliphatic rings. The predicted octanol–water partition coefficient (Wildman–Crippen LogP) is 1.33. The Bertz CT molecular complexity index is 780.